The van der Waals surface area contributed by atoms with E-state index in [1.54, 1.807) is 11.8 Å². The summed E-state index contributed by atoms with van der Waals surface area (Å²) in [5, 5.41) is 4.54. The second kappa shape index (κ2) is 5.07. The molecule has 0 spiro atoms. The standard InChI is InChI=1S/C15H13N3O3S/c1-3-15(13(20)16-14(21)17-15)8-18-7-9-4-5-10(22-2)6-11(9)12(18)19/h1,4-6H,7-8H2,2H3,(H2,16,17,20,21)/t15-/m1/s1. The lowest BCUT2D eigenvalue weighted by molar-refractivity contribution is -0.122. The van der Waals surface area contributed by atoms with Gasteiger partial charge in [-0.25, -0.2) is 4.79 Å². The molecule has 0 aliphatic carbocycles. The maximum Gasteiger partial charge on any atom is 0.323 e. The minimum atomic E-state index is -1.50. The van der Waals surface area contributed by atoms with E-state index in [9.17, 15) is 14.4 Å². The Bertz CT molecular complexity index is 740. The number of hydrogen-bond donors (Lipinski definition) is 2. The fourth-order valence-corrected chi connectivity index (χ4v) is 3.07. The maximum atomic E-state index is 12.5. The largest absolute Gasteiger partial charge is 0.330 e. The molecule has 2 aliphatic rings. The molecule has 2 heterocycles. The van der Waals surface area contributed by atoms with Crippen LogP contribution >= 0.6 is 11.8 Å². The lowest BCUT2D eigenvalue weighted by Gasteiger charge is -2.26. The van der Waals surface area contributed by atoms with Gasteiger partial charge in [-0.3, -0.25) is 14.9 Å². The van der Waals surface area contributed by atoms with Crippen LogP contribution in [0, 0.1) is 12.3 Å². The highest BCUT2D eigenvalue weighted by atomic mass is 32.2. The van der Waals surface area contributed by atoms with E-state index < -0.39 is 17.5 Å². The summed E-state index contributed by atoms with van der Waals surface area (Å²) in [5.41, 5.74) is 0.000345. The number of rotatable bonds is 3. The summed E-state index contributed by atoms with van der Waals surface area (Å²) in [6.45, 7) is 0.318. The smallest absolute Gasteiger partial charge is 0.323 e. The average Bonchev–Trinajstić information content (AvgIpc) is 2.96. The van der Waals surface area contributed by atoms with Crippen LogP contribution in [-0.2, 0) is 11.3 Å². The quantitative estimate of drug-likeness (QED) is 0.486. The number of urea groups is 1. The molecule has 2 aliphatic heterocycles. The highest BCUT2D eigenvalue weighted by Crippen LogP contribution is 2.28. The Morgan fingerprint density at radius 3 is 2.77 bits per heavy atom. The number of fused-ring (bicyclic) bond motifs is 1. The Kier molecular flexibility index (Phi) is 3.34. The highest BCUT2D eigenvalue weighted by Gasteiger charge is 2.48. The van der Waals surface area contributed by atoms with Gasteiger partial charge >= 0.3 is 6.03 Å². The summed E-state index contributed by atoms with van der Waals surface area (Å²) < 4.78 is 0. The van der Waals surface area contributed by atoms with Gasteiger partial charge in [0.2, 0.25) is 0 Å². The Balaban J connectivity index is 1.87. The summed E-state index contributed by atoms with van der Waals surface area (Å²) in [7, 11) is 0. The zero-order chi connectivity index (χ0) is 15.9. The normalized spacial score (nSPS) is 23.1. The Labute approximate surface area is 131 Å². The molecule has 0 unspecified atom stereocenters. The van der Waals surface area contributed by atoms with Crippen molar-refractivity contribution in [2.45, 2.75) is 17.0 Å². The molecule has 22 heavy (non-hydrogen) atoms. The maximum absolute atomic E-state index is 12.5. The van der Waals surface area contributed by atoms with E-state index in [0.29, 0.717) is 12.1 Å². The average molecular weight is 315 g/mol. The van der Waals surface area contributed by atoms with Crippen molar-refractivity contribution >= 4 is 29.6 Å². The van der Waals surface area contributed by atoms with Gasteiger partial charge in [-0.15, -0.1) is 18.2 Å². The Morgan fingerprint density at radius 2 is 2.18 bits per heavy atom. The van der Waals surface area contributed by atoms with Gasteiger partial charge in [0.1, 0.15) is 0 Å². The summed E-state index contributed by atoms with van der Waals surface area (Å²) in [4.78, 5) is 38.2. The molecular formula is C15H13N3O3S. The number of nitrogens with one attached hydrogen (secondary N) is 2. The molecule has 1 atom stereocenters. The number of amides is 4. The van der Waals surface area contributed by atoms with Gasteiger partial charge < -0.3 is 10.2 Å². The number of terminal acetylenes is 1. The third kappa shape index (κ3) is 2.12. The third-order valence-electron chi connectivity index (χ3n) is 3.81. The molecule has 112 valence electrons. The van der Waals surface area contributed by atoms with Gasteiger partial charge in [-0.05, 0) is 24.0 Å². The Hall–Kier alpha value is -2.46. The van der Waals surface area contributed by atoms with Crippen LogP contribution in [0.15, 0.2) is 23.1 Å². The van der Waals surface area contributed by atoms with Crippen molar-refractivity contribution in [3.8, 4) is 12.3 Å². The Morgan fingerprint density at radius 1 is 1.41 bits per heavy atom. The molecule has 0 radical (unpaired) electrons. The predicted octanol–water partition coefficient (Wildman–Crippen LogP) is 0.576. The minimum absolute atomic E-state index is 0.0524. The zero-order valence-electron chi connectivity index (χ0n) is 11.8. The number of nitrogens with zero attached hydrogens (tertiary/aromatic N) is 1. The topological polar surface area (TPSA) is 78.5 Å². The van der Waals surface area contributed by atoms with E-state index in [-0.39, 0.29) is 12.5 Å². The SMILES string of the molecule is C#C[C@]1(CN2Cc3ccc(SC)cc3C2=O)NC(=O)NC1=O. The van der Waals surface area contributed by atoms with Gasteiger partial charge in [-0.2, -0.15) is 0 Å². The van der Waals surface area contributed by atoms with Gasteiger partial charge in [0.25, 0.3) is 11.8 Å². The van der Waals surface area contributed by atoms with Gasteiger partial charge in [0.05, 0.1) is 6.54 Å². The first-order chi connectivity index (χ1) is 10.5. The summed E-state index contributed by atoms with van der Waals surface area (Å²) >= 11 is 1.55. The summed E-state index contributed by atoms with van der Waals surface area (Å²) in [6, 6.07) is 5.03. The molecule has 0 aromatic heterocycles. The van der Waals surface area contributed by atoms with Crippen molar-refractivity contribution < 1.29 is 14.4 Å². The van der Waals surface area contributed by atoms with Crippen LogP contribution in [0.1, 0.15) is 15.9 Å². The lowest BCUT2D eigenvalue weighted by Crippen LogP contribution is -2.54. The molecule has 7 heteroatoms. The molecular weight excluding hydrogens is 302 g/mol. The van der Waals surface area contributed by atoms with Crippen LogP contribution < -0.4 is 10.6 Å². The number of carbonyl (C=O) groups excluding carboxylic acids is 3. The monoisotopic (exact) mass is 315 g/mol. The van der Waals surface area contributed by atoms with Crippen LogP contribution in [0.4, 0.5) is 4.79 Å². The van der Waals surface area contributed by atoms with Crippen LogP contribution in [-0.4, -0.2) is 41.1 Å². The first-order valence-electron chi connectivity index (χ1n) is 6.56. The molecule has 1 saturated heterocycles. The van der Waals surface area contributed by atoms with Crippen molar-refractivity contribution in [2.24, 2.45) is 0 Å². The van der Waals surface area contributed by atoms with Crippen molar-refractivity contribution in [1.82, 2.24) is 15.5 Å². The third-order valence-corrected chi connectivity index (χ3v) is 4.54. The molecule has 1 aromatic carbocycles. The second-order valence-electron chi connectivity index (χ2n) is 5.14. The summed E-state index contributed by atoms with van der Waals surface area (Å²) in [5.74, 6) is 1.52. The van der Waals surface area contributed by atoms with Crippen molar-refractivity contribution in [3.63, 3.8) is 0 Å². The van der Waals surface area contributed by atoms with Crippen LogP contribution in [0.2, 0.25) is 0 Å². The number of benzene rings is 1. The van der Waals surface area contributed by atoms with Gasteiger partial charge in [0, 0.05) is 17.0 Å². The lowest BCUT2D eigenvalue weighted by atomic mass is 10.0. The van der Waals surface area contributed by atoms with E-state index in [0.717, 1.165) is 10.5 Å². The van der Waals surface area contributed by atoms with Crippen LogP contribution in [0.25, 0.3) is 0 Å². The highest BCUT2D eigenvalue weighted by molar-refractivity contribution is 7.98. The molecule has 3 rings (SSSR count). The van der Waals surface area contributed by atoms with E-state index in [1.807, 2.05) is 24.5 Å². The van der Waals surface area contributed by atoms with Crippen molar-refractivity contribution in [2.75, 3.05) is 12.8 Å². The molecule has 6 nitrogen and oxygen atoms in total. The van der Waals surface area contributed by atoms with E-state index in [1.165, 1.54) is 4.90 Å². The van der Waals surface area contributed by atoms with Gasteiger partial charge in [-0.1, -0.05) is 12.0 Å². The first kappa shape index (κ1) is 14.5. The van der Waals surface area contributed by atoms with Crippen LogP contribution in [0.5, 0.6) is 0 Å². The van der Waals surface area contributed by atoms with Crippen LogP contribution in [0.3, 0.4) is 0 Å². The molecule has 4 amide bonds. The van der Waals surface area contributed by atoms with Crippen molar-refractivity contribution in [1.29, 1.82) is 0 Å². The minimum Gasteiger partial charge on any atom is -0.330 e. The molecule has 0 bridgehead atoms. The number of hydrogen-bond acceptors (Lipinski definition) is 4. The van der Waals surface area contributed by atoms with E-state index >= 15 is 0 Å². The van der Waals surface area contributed by atoms with E-state index in [2.05, 4.69) is 16.6 Å². The molecule has 1 aromatic rings. The number of carbonyl (C=O) groups is 3. The van der Waals surface area contributed by atoms with Gasteiger partial charge in [0.15, 0.2) is 5.54 Å². The number of imide groups is 1. The van der Waals surface area contributed by atoms with Crippen molar-refractivity contribution in [3.05, 3.63) is 29.3 Å². The number of thioether (sulfide) groups is 1. The molecule has 0 saturated carbocycles. The fourth-order valence-electron chi connectivity index (χ4n) is 2.63. The van der Waals surface area contributed by atoms with E-state index in [4.69, 9.17) is 6.42 Å². The molecule has 1 fully saturated rings. The second-order valence-corrected chi connectivity index (χ2v) is 6.02. The first-order valence-corrected chi connectivity index (χ1v) is 7.79. The predicted molar refractivity (Wildman–Crippen MR) is 81.2 cm³/mol. The fraction of sp³-hybridized carbons (Fsp3) is 0.267. The summed E-state index contributed by atoms with van der Waals surface area (Å²) in [6.07, 6.45) is 7.36. The zero-order valence-corrected chi connectivity index (χ0v) is 12.6. The molecule has 2 N–H and O–H groups in total.